The molecule has 0 amide bonds. The highest BCUT2D eigenvalue weighted by atomic mass is 127. The van der Waals surface area contributed by atoms with Crippen LogP contribution in [0.25, 0.3) is 0 Å². The van der Waals surface area contributed by atoms with Gasteiger partial charge in [0, 0.05) is 30.1 Å². The molecule has 0 radical (unpaired) electrons. The molecule has 1 unspecified atom stereocenters. The van der Waals surface area contributed by atoms with Gasteiger partial charge >= 0.3 is 0 Å². The lowest BCUT2D eigenvalue weighted by molar-refractivity contribution is 0.0694. The highest BCUT2D eigenvalue weighted by Crippen LogP contribution is 2.39. The fourth-order valence-electron chi connectivity index (χ4n) is 2.93. The second-order valence-corrected chi connectivity index (χ2v) is 7.91. The number of benzene rings is 1. The molecule has 0 spiro atoms. The number of hydrogen-bond donors (Lipinski definition) is 2. The molecule has 7 heteroatoms. The minimum atomic E-state index is -0.211. The van der Waals surface area contributed by atoms with E-state index in [4.69, 9.17) is 4.74 Å². The number of guanidine groups is 1. The highest BCUT2D eigenvalue weighted by Gasteiger charge is 2.33. The minimum Gasteiger partial charge on any atom is -0.487 e. The number of aryl methyl sites for hydroxylation is 1. The van der Waals surface area contributed by atoms with Crippen LogP contribution in [-0.4, -0.2) is 23.6 Å². The number of thiazole rings is 1. The number of nitrogens with zero attached hydrogens (tertiary/aromatic N) is 2. The lowest BCUT2D eigenvalue weighted by atomic mass is 9.90. The Kier molecular flexibility index (Phi) is 6.67. The zero-order valence-corrected chi connectivity index (χ0v) is 18.1. The first kappa shape index (κ1) is 20.0. The summed E-state index contributed by atoms with van der Waals surface area (Å²) in [7, 11) is 1.79. The first-order valence-electron chi connectivity index (χ1n) is 8.13. The van der Waals surface area contributed by atoms with Crippen molar-refractivity contribution in [2.24, 2.45) is 4.99 Å². The molecule has 0 aliphatic carbocycles. The van der Waals surface area contributed by atoms with E-state index in [2.05, 4.69) is 47.4 Å². The molecular weight excluding hydrogens is 447 g/mol. The average Bonchev–Trinajstić information content (AvgIpc) is 2.95. The summed E-state index contributed by atoms with van der Waals surface area (Å²) in [5.41, 5.74) is 0.960. The standard InChI is InChI=1S/C18H24N4OS.HI/c1-12-10-20-16(24-12)11-21-17(19-4)22-14-9-18(2,3)23-15-8-6-5-7-13(14)15;/h5-8,10,14H,9,11H2,1-4H3,(H2,19,21,22);1H. The van der Waals surface area contributed by atoms with Crippen LogP contribution in [0.15, 0.2) is 35.5 Å². The number of aliphatic imine (C=N–C) groups is 1. The van der Waals surface area contributed by atoms with Gasteiger partial charge in [0.25, 0.3) is 0 Å². The maximum absolute atomic E-state index is 6.09. The summed E-state index contributed by atoms with van der Waals surface area (Å²) < 4.78 is 6.09. The summed E-state index contributed by atoms with van der Waals surface area (Å²) in [4.78, 5) is 9.95. The second-order valence-electron chi connectivity index (χ2n) is 6.59. The first-order valence-corrected chi connectivity index (χ1v) is 8.95. The van der Waals surface area contributed by atoms with Crippen molar-refractivity contribution < 1.29 is 4.74 Å². The molecule has 3 rings (SSSR count). The van der Waals surface area contributed by atoms with E-state index < -0.39 is 0 Å². The third-order valence-electron chi connectivity index (χ3n) is 3.99. The predicted octanol–water partition coefficient (Wildman–Crippen LogP) is 4.04. The van der Waals surface area contributed by atoms with Crippen molar-refractivity contribution in [2.75, 3.05) is 7.05 Å². The zero-order chi connectivity index (χ0) is 17.2. The summed E-state index contributed by atoms with van der Waals surface area (Å²) in [5, 5.41) is 7.94. The van der Waals surface area contributed by atoms with E-state index in [-0.39, 0.29) is 35.6 Å². The number of hydrogen-bond acceptors (Lipinski definition) is 4. The molecule has 1 aliphatic heterocycles. The molecular formula is C18H25IN4OS. The van der Waals surface area contributed by atoms with Crippen molar-refractivity contribution in [1.29, 1.82) is 0 Å². The molecule has 0 bridgehead atoms. The Hall–Kier alpha value is -1.35. The third kappa shape index (κ3) is 5.07. The summed E-state index contributed by atoms with van der Waals surface area (Å²) in [6, 6.07) is 8.35. The van der Waals surface area contributed by atoms with E-state index in [1.165, 1.54) is 10.4 Å². The molecule has 0 saturated carbocycles. The molecule has 1 atom stereocenters. The number of aromatic nitrogens is 1. The zero-order valence-electron chi connectivity index (χ0n) is 15.0. The van der Waals surface area contributed by atoms with Gasteiger partial charge in [-0.3, -0.25) is 4.99 Å². The fourth-order valence-corrected chi connectivity index (χ4v) is 3.66. The summed E-state index contributed by atoms with van der Waals surface area (Å²) in [6.45, 7) is 6.97. The summed E-state index contributed by atoms with van der Waals surface area (Å²) in [6.07, 6.45) is 2.77. The Bertz CT molecular complexity index is 744. The third-order valence-corrected chi connectivity index (χ3v) is 4.90. The van der Waals surface area contributed by atoms with Gasteiger partial charge in [0.05, 0.1) is 12.6 Å². The Morgan fingerprint density at radius 3 is 2.84 bits per heavy atom. The Balaban J connectivity index is 0.00000225. The first-order chi connectivity index (χ1) is 11.5. The van der Waals surface area contributed by atoms with Gasteiger partial charge in [0.2, 0.25) is 0 Å². The topological polar surface area (TPSA) is 58.5 Å². The maximum atomic E-state index is 6.09. The molecule has 136 valence electrons. The van der Waals surface area contributed by atoms with E-state index in [9.17, 15) is 0 Å². The lowest BCUT2D eigenvalue weighted by Crippen LogP contribution is -2.45. The van der Waals surface area contributed by atoms with Crippen LogP contribution in [0.1, 0.15) is 41.8 Å². The SMILES string of the molecule is CN=C(NCc1ncc(C)s1)NC1CC(C)(C)Oc2ccccc21.I. The van der Waals surface area contributed by atoms with Gasteiger partial charge in [-0.05, 0) is 26.8 Å². The van der Waals surface area contributed by atoms with Crippen LogP contribution in [0.5, 0.6) is 5.75 Å². The van der Waals surface area contributed by atoms with Gasteiger partial charge in [-0.2, -0.15) is 0 Å². The molecule has 2 aromatic rings. The van der Waals surface area contributed by atoms with E-state index in [0.717, 1.165) is 23.1 Å². The number of para-hydroxylation sites is 1. The van der Waals surface area contributed by atoms with Gasteiger partial charge < -0.3 is 15.4 Å². The van der Waals surface area contributed by atoms with Crippen LogP contribution >= 0.6 is 35.3 Å². The summed E-state index contributed by atoms with van der Waals surface area (Å²) >= 11 is 1.70. The molecule has 2 heterocycles. The van der Waals surface area contributed by atoms with Crippen LogP contribution in [0.3, 0.4) is 0 Å². The number of ether oxygens (including phenoxy) is 1. The van der Waals surface area contributed by atoms with Crippen molar-refractivity contribution in [3.05, 3.63) is 45.9 Å². The Morgan fingerprint density at radius 2 is 2.16 bits per heavy atom. The van der Waals surface area contributed by atoms with Crippen LogP contribution in [0, 0.1) is 6.92 Å². The number of rotatable bonds is 3. The molecule has 1 aliphatic rings. The molecule has 2 N–H and O–H groups in total. The predicted molar refractivity (Wildman–Crippen MR) is 114 cm³/mol. The highest BCUT2D eigenvalue weighted by molar-refractivity contribution is 14.0. The second kappa shape index (κ2) is 8.35. The number of fused-ring (bicyclic) bond motifs is 1. The molecule has 0 saturated heterocycles. The molecule has 1 aromatic carbocycles. The van der Waals surface area contributed by atoms with Gasteiger partial charge in [-0.15, -0.1) is 35.3 Å². The summed E-state index contributed by atoms with van der Waals surface area (Å²) in [5.74, 6) is 1.72. The van der Waals surface area contributed by atoms with Gasteiger partial charge in [-0.25, -0.2) is 4.98 Å². The van der Waals surface area contributed by atoms with Crippen molar-refractivity contribution in [1.82, 2.24) is 15.6 Å². The smallest absolute Gasteiger partial charge is 0.191 e. The monoisotopic (exact) mass is 472 g/mol. The fraction of sp³-hybridized carbons (Fsp3) is 0.444. The van der Waals surface area contributed by atoms with Crippen LogP contribution in [0.4, 0.5) is 0 Å². The number of nitrogens with one attached hydrogen (secondary N) is 2. The molecule has 0 fully saturated rings. The van der Waals surface area contributed by atoms with Crippen molar-refractivity contribution in [3.8, 4) is 5.75 Å². The van der Waals surface area contributed by atoms with Crippen molar-refractivity contribution >= 4 is 41.3 Å². The van der Waals surface area contributed by atoms with Gasteiger partial charge in [0.15, 0.2) is 5.96 Å². The molecule has 5 nitrogen and oxygen atoms in total. The number of halogens is 1. The minimum absolute atomic E-state index is 0. The van der Waals surface area contributed by atoms with E-state index >= 15 is 0 Å². The molecule has 1 aromatic heterocycles. The van der Waals surface area contributed by atoms with E-state index in [1.54, 1.807) is 18.4 Å². The van der Waals surface area contributed by atoms with Crippen LogP contribution < -0.4 is 15.4 Å². The van der Waals surface area contributed by atoms with E-state index in [0.29, 0.717) is 6.54 Å². The van der Waals surface area contributed by atoms with Gasteiger partial charge in [-0.1, -0.05) is 18.2 Å². The quantitative estimate of drug-likeness (QED) is 0.402. The van der Waals surface area contributed by atoms with Crippen LogP contribution in [-0.2, 0) is 6.54 Å². The lowest BCUT2D eigenvalue weighted by Gasteiger charge is -2.38. The molecule has 25 heavy (non-hydrogen) atoms. The van der Waals surface area contributed by atoms with Crippen LogP contribution in [0.2, 0.25) is 0 Å². The van der Waals surface area contributed by atoms with Gasteiger partial charge in [0.1, 0.15) is 16.4 Å². The normalized spacial score (nSPS) is 18.6. The largest absolute Gasteiger partial charge is 0.487 e. The van der Waals surface area contributed by atoms with Crippen molar-refractivity contribution in [2.45, 2.75) is 45.4 Å². The average molecular weight is 472 g/mol. The maximum Gasteiger partial charge on any atom is 0.191 e. The Morgan fingerprint density at radius 1 is 1.40 bits per heavy atom. The van der Waals surface area contributed by atoms with Crippen molar-refractivity contribution in [3.63, 3.8) is 0 Å². The van der Waals surface area contributed by atoms with E-state index in [1.807, 2.05) is 24.4 Å². The Labute approximate surface area is 170 Å².